The molecule has 2 aromatic rings. The highest BCUT2D eigenvalue weighted by Crippen LogP contribution is 2.31. The summed E-state index contributed by atoms with van der Waals surface area (Å²) in [4.78, 5) is 0. The van der Waals surface area contributed by atoms with Crippen LogP contribution in [0.25, 0.3) is 0 Å². The van der Waals surface area contributed by atoms with Gasteiger partial charge in [0.2, 0.25) is 0 Å². The summed E-state index contributed by atoms with van der Waals surface area (Å²) in [5.74, 6) is 0. The monoisotopic (exact) mass is 284 g/mol. The maximum atomic E-state index is 5.16. The fourth-order valence-electron chi connectivity index (χ4n) is 2.54. The Morgan fingerprint density at radius 3 is 1.29 bits per heavy atom. The lowest BCUT2D eigenvalue weighted by molar-refractivity contribution is 0.185. The summed E-state index contributed by atoms with van der Waals surface area (Å²) < 4.78 is 10.3. The van der Waals surface area contributed by atoms with Crippen molar-refractivity contribution in [3.8, 4) is 0 Å². The van der Waals surface area contributed by atoms with E-state index < -0.39 is 0 Å². The van der Waals surface area contributed by atoms with Crippen molar-refractivity contribution in [1.82, 2.24) is 0 Å². The van der Waals surface area contributed by atoms with Gasteiger partial charge in [-0.2, -0.15) is 0 Å². The number of ether oxygens (including phenoxy) is 2. The molecular formula is C19H24O2. The van der Waals surface area contributed by atoms with E-state index in [2.05, 4.69) is 62.4 Å². The second-order valence-corrected chi connectivity index (χ2v) is 5.88. The molecule has 21 heavy (non-hydrogen) atoms. The van der Waals surface area contributed by atoms with Gasteiger partial charge in [-0.25, -0.2) is 0 Å². The van der Waals surface area contributed by atoms with E-state index in [1.807, 2.05) is 0 Å². The fraction of sp³-hybridized carbons (Fsp3) is 0.368. The minimum atomic E-state index is -0.0167. The topological polar surface area (TPSA) is 18.5 Å². The van der Waals surface area contributed by atoms with Crippen LogP contribution in [0.4, 0.5) is 0 Å². The molecule has 0 aliphatic carbocycles. The maximum Gasteiger partial charge on any atom is 0.0713 e. The van der Waals surface area contributed by atoms with Gasteiger partial charge in [0.25, 0.3) is 0 Å². The van der Waals surface area contributed by atoms with Crippen LogP contribution in [0.1, 0.15) is 36.1 Å². The summed E-state index contributed by atoms with van der Waals surface area (Å²) in [5.41, 5.74) is 5.00. The molecule has 0 fully saturated rings. The zero-order valence-corrected chi connectivity index (χ0v) is 13.3. The van der Waals surface area contributed by atoms with Crippen molar-refractivity contribution in [2.45, 2.75) is 32.5 Å². The Kier molecular flexibility index (Phi) is 5.16. The molecule has 2 aromatic carbocycles. The first-order valence-electron chi connectivity index (χ1n) is 7.24. The molecule has 0 spiro atoms. The zero-order valence-electron chi connectivity index (χ0n) is 13.3. The van der Waals surface area contributed by atoms with Gasteiger partial charge >= 0.3 is 0 Å². The van der Waals surface area contributed by atoms with E-state index in [1.54, 1.807) is 14.2 Å². The molecule has 0 atom stereocenters. The van der Waals surface area contributed by atoms with Crippen molar-refractivity contribution < 1.29 is 9.47 Å². The van der Waals surface area contributed by atoms with Gasteiger partial charge in [0.1, 0.15) is 0 Å². The molecule has 0 saturated carbocycles. The number of methoxy groups -OCH3 is 2. The van der Waals surface area contributed by atoms with E-state index in [-0.39, 0.29) is 5.41 Å². The molecule has 0 amide bonds. The second kappa shape index (κ2) is 6.88. The Labute approximate surface area is 127 Å². The first kappa shape index (κ1) is 15.7. The van der Waals surface area contributed by atoms with Crippen molar-refractivity contribution in [3.05, 3.63) is 70.8 Å². The van der Waals surface area contributed by atoms with Crippen LogP contribution in [-0.2, 0) is 28.1 Å². The molecule has 0 aliphatic rings. The molecule has 2 rings (SSSR count). The number of benzene rings is 2. The van der Waals surface area contributed by atoms with Crippen LogP contribution in [0.3, 0.4) is 0 Å². The van der Waals surface area contributed by atoms with Gasteiger partial charge in [0.05, 0.1) is 13.2 Å². The molecule has 0 aliphatic heterocycles. The molecule has 2 nitrogen and oxygen atoms in total. The van der Waals surface area contributed by atoms with E-state index in [0.717, 1.165) is 0 Å². The minimum absolute atomic E-state index is 0.0167. The van der Waals surface area contributed by atoms with Crippen LogP contribution >= 0.6 is 0 Å². The standard InChI is InChI=1S/C19H24O2/c1-19(2,17-9-5-15(6-10-17)13-20-3)18-11-7-16(8-12-18)14-21-4/h5-12H,13-14H2,1-4H3. The maximum absolute atomic E-state index is 5.16. The Morgan fingerprint density at radius 2 is 1.00 bits per heavy atom. The number of hydrogen-bond donors (Lipinski definition) is 0. The summed E-state index contributed by atoms with van der Waals surface area (Å²) in [5, 5.41) is 0. The summed E-state index contributed by atoms with van der Waals surface area (Å²) in [7, 11) is 3.44. The molecule has 0 N–H and O–H groups in total. The SMILES string of the molecule is COCc1ccc(C(C)(C)c2ccc(COC)cc2)cc1. The highest BCUT2D eigenvalue weighted by molar-refractivity contribution is 5.39. The quantitative estimate of drug-likeness (QED) is 0.787. The van der Waals surface area contributed by atoms with Crippen LogP contribution in [0.15, 0.2) is 48.5 Å². The van der Waals surface area contributed by atoms with E-state index in [9.17, 15) is 0 Å². The molecule has 112 valence electrons. The summed E-state index contributed by atoms with van der Waals surface area (Å²) in [6, 6.07) is 17.3. The minimum Gasteiger partial charge on any atom is -0.380 e. The lowest BCUT2D eigenvalue weighted by Gasteiger charge is -2.26. The van der Waals surface area contributed by atoms with Gasteiger partial charge in [0, 0.05) is 19.6 Å². The van der Waals surface area contributed by atoms with E-state index in [1.165, 1.54) is 22.3 Å². The highest BCUT2D eigenvalue weighted by Gasteiger charge is 2.22. The lowest BCUT2D eigenvalue weighted by atomic mass is 9.78. The van der Waals surface area contributed by atoms with Crippen molar-refractivity contribution in [3.63, 3.8) is 0 Å². The summed E-state index contributed by atoms with van der Waals surface area (Å²) in [6.07, 6.45) is 0. The van der Waals surface area contributed by atoms with Gasteiger partial charge < -0.3 is 9.47 Å². The Balaban J connectivity index is 2.23. The third-order valence-corrected chi connectivity index (χ3v) is 3.97. The van der Waals surface area contributed by atoms with Crippen LogP contribution in [0, 0.1) is 0 Å². The van der Waals surface area contributed by atoms with Crippen LogP contribution < -0.4 is 0 Å². The van der Waals surface area contributed by atoms with Gasteiger partial charge in [-0.1, -0.05) is 62.4 Å². The Hall–Kier alpha value is -1.64. The van der Waals surface area contributed by atoms with Crippen molar-refractivity contribution >= 4 is 0 Å². The smallest absolute Gasteiger partial charge is 0.0713 e. The normalized spacial score (nSPS) is 11.6. The molecule has 0 aromatic heterocycles. The van der Waals surface area contributed by atoms with Crippen molar-refractivity contribution in [1.29, 1.82) is 0 Å². The molecule has 0 heterocycles. The van der Waals surface area contributed by atoms with Crippen molar-refractivity contribution in [2.75, 3.05) is 14.2 Å². The summed E-state index contributed by atoms with van der Waals surface area (Å²) >= 11 is 0. The average Bonchev–Trinajstić information content (AvgIpc) is 2.49. The molecule has 2 heteroatoms. The zero-order chi connectivity index (χ0) is 15.3. The van der Waals surface area contributed by atoms with Crippen LogP contribution in [-0.4, -0.2) is 14.2 Å². The van der Waals surface area contributed by atoms with Crippen LogP contribution in [0.5, 0.6) is 0 Å². The number of rotatable bonds is 6. The third kappa shape index (κ3) is 3.72. The first-order chi connectivity index (χ1) is 10.1. The average molecular weight is 284 g/mol. The van der Waals surface area contributed by atoms with Gasteiger partial charge in [0.15, 0.2) is 0 Å². The number of hydrogen-bond acceptors (Lipinski definition) is 2. The third-order valence-electron chi connectivity index (χ3n) is 3.97. The van der Waals surface area contributed by atoms with Crippen LogP contribution in [0.2, 0.25) is 0 Å². The van der Waals surface area contributed by atoms with E-state index >= 15 is 0 Å². The Morgan fingerprint density at radius 1 is 0.667 bits per heavy atom. The summed E-state index contributed by atoms with van der Waals surface area (Å²) in [6.45, 7) is 5.83. The van der Waals surface area contributed by atoms with E-state index in [0.29, 0.717) is 13.2 Å². The predicted molar refractivity (Wildman–Crippen MR) is 86.4 cm³/mol. The highest BCUT2D eigenvalue weighted by atomic mass is 16.5. The predicted octanol–water partition coefficient (Wildman–Crippen LogP) is 4.31. The van der Waals surface area contributed by atoms with Gasteiger partial charge in [-0.15, -0.1) is 0 Å². The van der Waals surface area contributed by atoms with Gasteiger partial charge in [-0.3, -0.25) is 0 Å². The fourth-order valence-corrected chi connectivity index (χ4v) is 2.54. The molecule has 0 unspecified atom stereocenters. The largest absolute Gasteiger partial charge is 0.380 e. The van der Waals surface area contributed by atoms with E-state index in [4.69, 9.17) is 9.47 Å². The van der Waals surface area contributed by atoms with Crippen molar-refractivity contribution in [2.24, 2.45) is 0 Å². The first-order valence-corrected chi connectivity index (χ1v) is 7.24. The molecule has 0 saturated heterocycles. The Bertz CT molecular complexity index is 502. The lowest BCUT2D eigenvalue weighted by Crippen LogP contribution is -2.18. The molecule has 0 radical (unpaired) electrons. The molecule has 0 bridgehead atoms. The van der Waals surface area contributed by atoms with Gasteiger partial charge in [-0.05, 0) is 22.3 Å². The molecular weight excluding hydrogens is 260 g/mol. The second-order valence-electron chi connectivity index (χ2n) is 5.88.